The van der Waals surface area contributed by atoms with Crippen LogP contribution in [0.2, 0.25) is 0 Å². The van der Waals surface area contributed by atoms with Crippen LogP contribution in [0.5, 0.6) is 0 Å². The molecule has 0 heterocycles. The Labute approximate surface area is 722 Å². The number of carboxylic acid groups (broad SMARTS) is 4. The van der Waals surface area contributed by atoms with Crippen LogP contribution in [0.3, 0.4) is 0 Å². The number of alkyl carbamates (subject to hydrolysis) is 3. The second-order valence-corrected chi connectivity index (χ2v) is 26.8. The Hall–Kier alpha value is -13.4. The lowest BCUT2D eigenvalue weighted by Crippen LogP contribution is -2.43. The standard InChI is InChI=1S/C17H27N5O18S.C15H25N3O10S.C13H21N3O12S.C11H17N3O12S/c23-15(24)14(18-16(25)35-7-3-1-5-12(39-21(31)32)9-37-19(27)28)11-41-17(26)36-8-4-2-6-13(40-22(33)34)10-38-20(29)30;19-13(7-3-1-5-9-27-17(23)24)16-12(15(21)22)11-29-14(20)8-4-2-6-10-28-18(25)26;17-11(18)10(14-12(19)25-5-1-3-7-27-15(21)22)9-29-13(20)26-6-2-4-8-28-16(23)24;15-9(16)8(12-10(17)23-3-1-5-25-13(19)20)7-27-11(18)24-4-2-6-26-14(21)22/h12-14H,1-11H2,(H,18,25)(H,23,24);12H,1-11H2,(H,16,19)(H,21,22);10H,1-9H2,(H,14,19)(H,17,18);8H,1-7H2,(H,12,17)(H,15,16). The number of carbonyl (C=O) groups is 12. The molecule has 0 aliphatic heterocycles. The van der Waals surface area contributed by atoms with E-state index in [0.717, 1.165) is 11.8 Å². The van der Waals surface area contributed by atoms with Gasteiger partial charge in [-0.25, -0.2) is 47.9 Å². The number of ether oxygens (including phenoxy) is 6. The van der Waals surface area contributed by atoms with Gasteiger partial charge in [0.2, 0.25) is 5.91 Å². The van der Waals surface area contributed by atoms with Crippen molar-refractivity contribution in [3.8, 4) is 0 Å². The number of nitrogens with one attached hydrogen (secondary N) is 4. The number of carbonyl (C=O) groups excluding carboxylic acids is 8. The molecular weight excluding hydrogens is 1830 g/mol. The molecule has 0 aromatic rings. The van der Waals surface area contributed by atoms with Crippen LogP contribution in [0.15, 0.2) is 0 Å². The summed E-state index contributed by atoms with van der Waals surface area (Å²) in [4.78, 5) is 280. The van der Waals surface area contributed by atoms with E-state index in [1.54, 1.807) is 0 Å². The minimum absolute atomic E-state index is 0.0180. The van der Waals surface area contributed by atoms with Gasteiger partial charge in [0.15, 0.2) is 5.12 Å². The Bertz CT molecular complexity index is 3290. The minimum Gasteiger partial charge on any atom is -0.480 e. The zero-order valence-corrected chi connectivity index (χ0v) is 69.1. The highest BCUT2D eigenvalue weighted by Crippen LogP contribution is 2.17. The molecule has 0 bridgehead atoms. The molecule has 6 unspecified atom stereocenters. The Kier molecular flexibility index (Phi) is 73.3. The number of hydrogen-bond acceptors (Lipinski definition) is 52. The monoisotopic (exact) mass is 1920 g/mol. The van der Waals surface area contributed by atoms with Crippen LogP contribution in [-0.2, 0) is 106 Å². The van der Waals surface area contributed by atoms with E-state index in [1.807, 2.05) is 10.6 Å². The third-order valence-corrected chi connectivity index (χ3v) is 16.8. The lowest BCUT2D eigenvalue weighted by molar-refractivity contribution is -0.790. The predicted octanol–water partition coefficient (Wildman–Crippen LogP) is 3.54. The van der Waals surface area contributed by atoms with Crippen LogP contribution in [0.1, 0.15) is 128 Å². The topological polar surface area (TPSA) is 913 Å². The molecule has 0 saturated carbocycles. The summed E-state index contributed by atoms with van der Waals surface area (Å²) in [6, 6.07) is -5.61. The van der Waals surface area contributed by atoms with Gasteiger partial charge in [-0.2, -0.15) is 0 Å². The van der Waals surface area contributed by atoms with Gasteiger partial charge < -0.3 is 118 Å². The van der Waals surface area contributed by atoms with Crippen molar-refractivity contribution < 1.29 is 206 Å². The first-order valence-electron chi connectivity index (χ1n) is 35.8. The van der Waals surface area contributed by atoms with E-state index >= 15 is 0 Å². The van der Waals surface area contributed by atoms with Crippen molar-refractivity contribution in [2.24, 2.45) is 0 Å². The van der Waals surface area contributed by atoms with E-state index in [4.69, 9.17) is 34.3 Å². The maximum absolute atomic E-state index is 11.8. The molecule has 0 aliphatic carbocycles. The number of carboxylic acids is 4. The van der Waals surface area contributed by atoms with E-state index in [9.17, 15) is 164 Å². The number of hydrogen-bond donors (Lipinski definition) is 8. The van der Waals surface area contributed by atoms with Crippen molar-refractivity contribution >= 4 is 116 Å². The molecule has 0 spiro atoms. The second-order valence-electron chi connectivity index (χ2n) is 22.9. The van der Waals surface area contributed by atoms with Crippen LogP contribution in [0.25, 0.3) is 0 Å². The SMILES string of the molecule is O=C(CCCCCO[N+](=O)[O-])NC(CSC(=O)CCCCCO[N+](=O)[O-])C(=O)O.O=C(NC(CSC(=O)OCCCCC(CO[N+](=O)[O-])O[N+](=O)[O-])C(=O)O)OCCCCC(CO[N+](=O)[O-])O[N+](=O)[O-].O=C(NC(CSC(=O)OCCCCO[N+](=O)[O-])C(=O)O)OCCCCO[N+](=O)[O-].O=C(NC(CSC(=O)OCCCO[N+](=O)[O-])C(=O)O)OCCCO[N+](=O)[O-]. The smallest absolute Gasteiger partial charge is 0.407 e. The second kappa shape index (κ2) is 77.7. The van der Waals surface area contributed by atoms with Crippen molar-refractivity contribution in [3.05, 3.63) is 101 Å². The highest BCUT2D eigenvalue weighted by molar-refractivity contribution is 8.14. The quantitative estimate of drug-likeness (QED) is 0.0142. The van der Waals surface area contributed by atoms with Gasteiger partial charge in [-0.15, -0.1) is 101 Å². The summed E-state index contributed by atoms with van der Waals surface area (Å²) in [7, 11) is 0. The summed E-state index contributed by atoms with van der Waals surface area (Å²) in [6.45, 7) is -3.23. The first kappa shape index (κ1) is 119. The number of aliphatic carboxylic acids is 4. The van der Waals surface area contributed by atoms with E-state index in [-0.39, 0.29) is 179 Å². The fraction of sp³-hybridized carbons (Fsp3) is 0.786. The normalized spacial score (nSPS) is 11.6. The third-order valence-electron chi connectivity index (χ3n) is 13.2. The highest BCUT2D eigenvalue weighted by Gasteiger charge is 2.28. The molecule has 0 aromatic heterocycles. The molecule has 0 rings (SSSR count). The minimum atomic E-state index is -1.54. The lowest BCUT2D eigenvalue weighted by Gasteiger charge is -2.15. The van der Waals surface area contributed by atoms with Crippen LogP contribution in [0.4, 0.5) is 28.8 Å². The van der Waals surface area contributed by atoms with Crippen molar-refractivity contribution in [1.29, 1.82) is 0 Å². The summed E-state index contributed by atoms with van der Waals surface area (Å²) in [6.07, 6.45) is -0.707. The Morgan fingerprint density at radius 3 is 0.794 bits per heavy atom. The highest BCUT2D eigenvalue weighted by atomic mass is 32.2. The van der Waals surface area contributed by atoms with Crippen LogP contribution in [0, 0.1) is 101 Å². The van der Waals surface area contributed by atoms with Gasteiger partial charge in [0.25, 0.3) is 50.9 Å². The summed E-state index contributed by atoms with van der Waals surface area (Å²) < 4.78 is 28.5. The molecule has 0 saturated heterocycles. The summed E-state index contributed by atoms with van der Waals surface area (Å²) >= 11 is 2.24. The first-order chi connectivity index (χ1) is 59.4. The Balaban J connectivity index is -0.000000799. The van der Waals surface area contributed by atoms with Gasteiger partial charge in [-0.3, -0.25) is 9.59 Å². The average Bonchev–Trinajstić information content (AvgIpc) is 0.944. The maximum Gasteiger partial charge on any atom is 0.407 e. The number of rotatable bonds is 72. The predicted molar refractivity (Wildman–Crippen MR) is 406 cm³/mol. The van der Waals surface area contributed by atoms with Gasteiger partial charge in [0.1, 0.15) is 49.6 Å². The van der Waals surface area contributed by atoms with Crippen molar-refractivity contribution in [2.75, 3.05) is 116 Å². The summed E-state index contributed by atoms with van der Waals surface area (Å²) in [5.74, 6) is -7.26. The molecule has 126 heavy (non-hydrogen) atoms. The molecule has 720 valence electrons. The molecule has 6 atom stereocenters. The lowest BCUT2D eigenvalue weighted by atomic mass is 10.2. The van der Waals surface area contributed by atoms with Gasteiger partial charge in [0, 0.05) is 48.7 Å². The third kappa shape index (κ3) is 85.6. The van der Waals surface area contributed by atoms with Gasteiger partial charge in [-0.05, 0) is 125 Å². The van der Waals surface area contributed by atoms with Crippen molar-refractivity contribution in [1.82, 2.24) is 21.3 Å². The molecule has 66 nitrogen and oxygen atoms in total. The van der Waals surface area contributed by atoms with Gasteiger partial charge in [0.05, 0.1) is 79.3 Å². The fourth-order valence-electron chi connectivity index (χ4n) is 7.59. The molecule has 0 radical (unpaired) electrons. The maximum atomic E-state index is 11.8. The summed E-state index contributed by atoms with van der Waals surface area (Å²) in [5.41, 5.74) is 0. The molecular formula is C56H90N14O52S4. The largest absolute Gasteiger partial charge is 0.480 e. The van der Waals surface area contributed by atoms with Crippen LogP contribution < -0.4 is 21.3 Å². The zero-order valence-electron chi connectivity index (χ0n) is 65.8. The molecule has 0 aromatic carbocycles. The van der Waals surface area contributed by atoms with E-state index < -0.39 is 170 Å². The van der Waals surface area contributed by atoms with Crippen LogP contribution >= 0.6 is 47.0 Å². The average molecular weight is 1920 g/mol. The number of thioether (sulfide) groups is 4. The Morgan fingerprint density at radius 1 is 0.262 bits per heavy atom. The van der Waals surface area contributed by atoms with Crippen molar-refractivity contribution in [2.45, 2.75) is 165 Å². The Morgan fingerprint density at radius 2 is 0.500 bits per heavy atom. The molecule has 8 N–H and O–H groups in total. The summed E-state index contributed by atoms with van der Waals surface area (Å²) in [5, 5.41) is 133. The molecule has 4 amide bonds. The number of unbranched alkanes of at least 4 members (excludes halogenated alkanes) is 8. The van der Waals surface area contributed by atoms with E-state index in [1.165, 1.54) is 0 Å². The number of nitrogens with zero attached hydrogens (tertiary/aromatic N) is 10. The molecule has 70 heteroatoms. The van der Waals surface area contributed by atoms with E-state index in [0.29, 0.717) is 86.7 Å². The zero-order chi connectivity index (χ0) is 96.0. The van der Waals surface area contributed by atoms with Gasteiger partial charge in [-0.1, -0.05) is 24.6 Å². The fourth-order valence-corrected chi connectivity index (χ4v) is 10.5. The van der Waals surface area contributed by atoms with Crippen LogP contribution in [-0.4, -0.2) is 292 Å². The van der Waals surface area contributed by atoms with Gasteiger partial charge >= 0.3 is 58.1 Å². The molecule has 0 aliphatic rings. The van der Waals surface area contributed by atoms with E-state index in [2.05, 4.69) is 68.5 Å². The number of amides is 4. The van der Waals surface area contributed by atoms with Crippen molar-refractivity contribution in [3.63, 3.8) is 0 Å². The molecule has 0 fully saturated rings. The first-order valence-corrected chi connectivity index (χ1v) is 39.8.